The van der Waals surface area contributed by atoms with Crippen LogP contribution in [0.25, 0.3) is 0 Å². The van der Waals surface area contributed by atoms with E-state index >= 15 is 0 Å². The van der Waals surface area contributed by atoms with Crippen LogP contribution in [0.2, 0.25) is 5.02 Å². The topological polar surface area (TPSA) is 72.2 Å². The standard InChI is InChI=1S/C14H10ClIN2O2/c15-10-4-5-12(11(16)7-10)18-14(20)9-3-1-2-8(6-9)13(17)19/h1-7H,(H2,17,19)(H,18,20). The van der Waals surface area contributed by atoms with E-state index in [1.165, 1.54) is 6.07 Å². The van der Waals surface area contributed by atoms with Crippen molar-refractivity contribution in [2.45, 2.75) is 0 Å². The molecule has 0 aliphatic heterocycles. The van der Waals surface area contributed by atoms with Crippen molar-refractivity contribution >= 4 is 51.7 Å². The van der Waals surface area contributed by atoms with Gasteiger partial charge in [-0.1, -0.05) is 17.7 Å². The third-order valence-corrected chi connectivity index (χ3v) is 3.72. The number of anilines is 1. The van der Waals surface area contributed by atoms with Crippen LogP contribution < -0.4 is 11.1 Å². The highest BCUT2D eigenvalue weighted by molar-refractivity contribution is 14.1. The smallest absolute Gasteiger partial charge is 0.255 e. The molecule has 2 aromatic carbocycles. The average molecular weight is 401 g/mol. The number of carbonyl (C=O) groups is 2. The maximum Gasteiger partial charge on any atom is 0.255 e. The third kappa shape index (κ3) is 3.49. The molecule has 0 fully saturated rings. The van der Waals surface area contributed by atoms with Crippen LogP contribution in [0.3, 0.4) is 0 Å². The Morgan fingerprint density at radius 2 is 1.80 bits per heavy atom. The molecule has 3 N–H and O–H groups in total. The van der Waals surface area contributed by atoms with Crippen molar-refractivity contribution < 1.29 is 9.59 Å². The van der Waals surface area contributed by atoms with Gasteiger partial charge in [0.05, 0.1) is 5.69 Å². The fourth-order valence-corrected chi connectivity index (χ4v) is 2.61. The number of hydrogen-bond acceptors (Lipinski definition) is 2. The van der Waals surface area contributed by atoms with E-state index in [1.54, 1.807) is 36.4 Å². The van der Waals surface area contributed by atoms with Crippen molar-refractivity contribution in [3.05, 3.63) is 62.2 Å². The lowest BCUT2D eigenvalue weighted by Gasteiger charge is -2.08. The Kier molecular flexibility index (Phi) is 4.61. The number of rotatable bonds is 3. The Morgan fingerprint density at radius 1 is 1.10 bits per heavy atom. The van der Waals surface area contributed by atoms with E-state index in [1.807, 2.05) is 0 Å². The van der Waals surface area contributed by atoms with E-state index in [9.17, 15) is 9.59 Å². The fourth-order valence-electron chi connectivity index (χ4n) is 1.60. The summed E-state index contributed by atoms with van der Waals surface area (Å²) in [5.74, 6) is -0.880. The molecule has 0 aliphatic rings. The SMILES string of the molecule is NC(=O)c1cccc(C(=O)Nc2ccc(Cl)cc2I)c1. The molecule has 0 spiro atoms. The Labute approximate surface area is 134 Å². The molecule has 0 saturated carbocycles. The van der Waals surface area contributed by atoms with Crippen LogP contribution in [0.15, 0.2) is 42.5 Å². The molecule has 0 aliphatic carbocycles. The lowest BCUT2D eigenvalue weighted by atomic mass is 10.1. The maximum absolute atomic E-state index is 12.1. The zero-order chi connectivity index (χ0) is 14.7. The molecule has 0 saturated heterocycles. The van der Waals surface area contributed by atoms with Gasteiger partial charge in [0.2, 0.25) is 5.91 Å². The van der Waals surface area contributed by atoms with Crippen LogP contribution in [0, 0.1) is 3.57 Å². The molecule has 0 unspecified atom stereocenters. The molecule has 4 nitrogen and oxygen atoms in total. The minimum absolute atomic E-state index is 0.295. The Hall–Kier alpha value is -1.60. The van der Waals surface area contributed by atoms with Gasteiger partial charge in [-0.2, -0.15) is 0 Å². The van der Waals surface area contributed by atoms with Crippen molar-refractivity contribution in [2.75, 3.05) is 5.32 Å². The van der Waals surface area contributed by atoms with Crippen LogP contribution in [0.1, 0.15) is 20.7 Å². The van der Waals surface area contributed by atoms with Gasteiger partial charge >= 0.3 is 0 Å². The number of nitrogens with two attached hydrogens (primary N) is 1. The number of nitrogens with one attached hydrogen (secondary N) is 1. The van der Waals surface area contributed by atoms with Gasteiger partial charge in [-0.05, 0) is 59.0 Å². The first-order valence-corrected chi connectivity index (χ1v) is 7.09. The second kappa shape index (κ2) is 6.23. The Balaban J connectivity index is 2.24. The first kappa shape index (κ1) is 14.8. The summed E-state index contributed by atoms with van der Waals surface area (Å²) in [7, 11) is 0. The maximum atomic E-state index is 12.1. The van der Waals surface area contributed by atoms with Gasteiger partial charge in [0.25, 0.3) is 5.91 Å². The van der Waals surface area contributed by atoms with Gasteiger partial charge in [0.15, 0.2) is 0 Å². The van der Waals surface area contributed by atoms with E-state index < -0.39 is 5.91 Å². The Bertz CT molecular complexity index is 689. The van der Waals surface area contributed by atoms with E-state index in [-0.39, 0.29) is 5.91 Å². The third-order valence-electron chi connectivity index (χ3n) is 2.59. The minimum Gasteiger partial charge on any atom is -0.366 e. The van der Waals surface area contributed by atoms with E-state index in [0.29, 0.717) is 21.8 Å². The normalized spacial score (nSPS) is 10.1. The van der Waals surface area contributed by atoms with Gasteiger partial charge in [-0.3, -0.25) is 9.59 Å². The summed E-state index contributed by atoms with van der Waals surface area (Å²) in [5, 5.41) is 3.36. The van der Waals surface area contributed by atoms with Crippen LogP contribution in [0.5, 0.6) is 0 Å². The van der Waals surface area contributed by atoms with Gasteiger partial charge in [-0.25, -0.2) is 0 Å². The van der Waals surface area contributed by atoms with Crippen molar-refractivity contribution in [1.82, 2.24) is 0 Å². The van der Waals surface area contributed by atoms with Gasteiger partial charge in [0, 0.05) is 19.7 Å². The van der Waals surface area contributed by atoms with E-state index in [2.05, 4.69) is 27.9 Å². The van der Waals surface area contributed by atoms with E-state index in [0.717, 1.165) is 3.57 Å². The summed E-state index contributed by atoms with van der Waals surface area (Å²) in [4.78, 5) is 23.2. The van der Waals surface area contributed by atoms with Crippen LogP contribution in [-0.2, 0) is 0 Å². The summed E-state index contributed by atoms with van der Waals surface area (Å²) < 4.78 is 0.828. The highest BCUT2D eigenvalue weighted by Crippen LogP contribution is 2.22. The molecular weight excluding hydrogens is 391 g/mol. The molecule has 6 heteroatoms. The largest absolute Gasteiger partial charge is 0.366 e. The molecule has 2 aromatic rings. The molecule has 0 radical (unpaired) electrons. The van der Waals surface area contributed by atoms with Gasteiger partial charge in [0.1, 0.15) is 0 Å². The first-order chi connectivity index (χ1) is 9.47. The first-order valence-electron chi connectivity index (χ1n) is 5.63. The number of hydrogen-bond donors (Lipinski definition) is 2. The molecule has 102 valence electrons. The minimum atomic E-state index is -0.569. The molecule has 0 heterocycles. The zero-order valence-electron chi connectivity index (χ0n) is 10.2. The lowest BCUT2D eigenvalue weighted by molar-refractivity contribution is 0.1000. The Morgan fingerprint density at radius 3 is 2.45 bits per heavy atom. The molecule has 2 amide bonds. The monoisotopic (exact) mass is 400 g/mol. The van der Waals surface area contributed by atoms with Crippen molar-refractivity contribution in [3.8, 4) is 0 Å². The number of benzene rings is 2. The van der Waals surface area contributed by atoms with Crippen molar-refractivity contribution in [1.29, 1.82) is 0 Å². The summed E-state index contributed by atoms with van der Waals surface area (Å²) in [5.41, 5.74) is 6.51. The highest BCUT2D eigenvalue weighted by atomic mass is 127. The van der Waals surface area contributed by atoms with Crippen LogP contribution in [0.4, 0.5) is 5.69 Å². The van der Waals surface area contributed by atoms with E-state index in [4.69, 9.17) is 17.3 Å². The molecule has 0 aromatic heterocycles. The fraction of sp³-hybridized carbons (Fsp3) is 0. The van der Waals surface area contributed by atoms with Crippen molar-refractivity contribution in [3.63, 3.8) is 0 Å². The van der Waals surface area contributed by atoms with Gasteiger partial charge in [-0.15, -0.1) is 0 Å². The predicted molar refractivity (Wildman–Crippen MR) is 87.1 cm³/mol. The summed E-state index contributed by atoms with van der Waals surface area (Å²) in [6.45, 7) is 0. The second-order valence-corrected chi connectivity index (χ2v) is 5.62. The molecule has 2 rings (SSSR count). The van der Waals surface area contributed by atoms with Gasteiger partial charge < -0.3 is 11.1 Å². The number of halogens is 2. The number of primary amides is 1. The van der Waals surface area contributed by atoms with Crippen LogP contribution >= 0.6 is 34.2 Å². The summed E-state index contributed by atoms with van der Waals surface area (Å²) >= 11 is 7.94. The molecule has 20 heavy (non-hydrogen) atoms. The van der Waals surface area contributed by atoms with Crippen molar-refractivity contribution in [2.24, 2.45) is 5.73 Å². The average Bonchev–Trinajstić information content (AvgIpc) is 2.42. The summed E-state index contributed by atoms with van der Waals surface area (Å²) in [6, 6.07) is 11.4. The quantitative estimate of drug-likeness (QED) is 0.776. The number of amides is 2. The molecular formula is C14H10ClIN2O2. The lowest BCUT2D eigenvalue weighted by Crippen LogP contribution is -2.15. The number of carbonyl (C=O) groups excluding carboxylic acids is 2. The molecule has 0 bridgehead atoms. The predicted octanol–water partition coefficient (Wildman–Crippen LogP) is 3.30. The summed E-state index contributed by atoms with van der Waals surface area (Å²) in [6.07, 6.45) is 0. The second-order valence-electron chi connectivity index (χ2n) is 4.02. The molecule has 0 atom stereocenters. The zero-order valence-corrected chi connectivity index (χ0v) is 13.1. The van der Waals surface area contributed by atoms with Crippen LogP contribution in [-0.4, -0.2) is 11.8 Å². The highest BCUT2D eigenvalue weighted by Gasteiger charge is 2.10.